The average Bonchev–Trinajstić information content (AvgIpc) is 3.24. The number of anilines is 2. The second-order valence-electron chi connectivity index (χ2n) is 6.63. The molecule has 1 aliphatic heterocycles. The number of aromatic nitrogens is 4. The highest BCUT2D eigenvalue weighted by Gasteiger charge is 2.37. The lowest BCUT2D eigenvalue weighted by Crippen LogP contribution is -2.45. The number of aryl methyl sites for hydroxylation is 2. The second-order valence-corrected chi connectivity index (χ2v) is 6.63. The molecule has 1 amide bonds. The van der Waals surface area contributed by atoms with Gasteiger partial charge in [-0.3, -0.25) is 9.48 Å². The molecule has 0 aliphatic carbocycles. The summed E-state index contributed by atoms with van der Waals surface area (Å²) in [6, 6.07) is 3.75. The van der Waals surface area contributed by atoms with Crippen molar-refractivity contribution in [2.75, 3.05) is 36.9 Å². The minimum absolute atomic E-state index is 0.0717. The molecule has 0 spiro atoms. The molecule has 0 aromatic carbocycles. The Hall–Kier alpha value is -2.68. The summed E-state index contributed by atoms with van der Waals surface area (Å²) in [5, 5.41) is 20.7. The summed E-state index contributed by atoms with van der Waals surface area (Å²) >= 11 is 0. The van der Waals surface area contributed by atoms with Crippen LogP contribution < -0.4 is 15.5 Å². The third-order valence-electron chi connectivity index (χ3n) is 4.71. The molecule has 2 aromatic rings. The van der Waals surface area contributed by atoms with Gasteiger partial charge in [0.25, 0.3) is 0 Å². The van der Waals surface area contributed by atoms with Crippen molar-refractivity contribution in [2.24, 2.45) is 7.05 Å². The zero-order valence-electron chi connectivity index (χ0n) is 15.1. The maximum Gasteiger partial charge on any atom is 0.220 e. The Morgan fingerprint density at radius 1 is 1.42 bits per heavy atom. The number of aliphatic hydroxyl groups is 1. The van der Waals surface area contributed by atoms with E-state index in [1.54, 1.807) is 17.9 Å². The zero-order chi connectivity index (χ0) is 18.6. The number of carbonyl (C=O) groups is 1. The van der Waals surface area contributed by atoms with E-state index in [1.807, 2.05) is 24.1 Å². The van der Waals surface area contributed by atoms with E-state index in [0.29, 0.717) is 32.4 Å². The molecule has 0 bridgehead atoms. The Labute approximate surface area is 152 Å². The van der Waals surface area contributed by atoms with Crippen LogP contribution in [0.15, 0.2) is 24.7 Å². The Bertz CT molecular complexity index is 763. The third kappa shape index (κ3) is 4.29. The maximum absolute atomic E-state index is 12.1. The van der Waals surface area contributed by atoms with Crippen LogP contribution >= 0.6 is 0 Å². The van der Waals surface area contributed by atoms with Crippen molar-refractivity contribution in [3.05, 3.63) is 30.4 Å². The van der Waals surface area contributed by atoms with Gasteiger partial charge in [0.1, 0.15) is 23.6 Å². The van der Waals surface area contributed by atoms with E-state index < -0.39 is 5.60 Å². The summed E-state index contributed by atoms with van der Waals surface area (Å²) in [6.07, 6.45) is 4.79. The summed E-state index contributed by atoms with van der Waals surface area (Å²) in [5.74, 6) is 1.43. The number of β-amino-alcohol motifs (C(OH)–C–C–N with tert-alkyl or cyclic N) is 1. The van der Waals surface area contributed by atoms with Gasteiger partial charge in [0.15, 0.2) is 0 Å². The van der Waals surface area contributed by atoms with Crippen LogP contribution in [0.4, 0.5) is 11.6 Å². The highest BCUT2D eigenvalue weighted by atomic mass is 16.3. The lowest BCUT2D eigenvalue weighted by molar-refractivity contribution is -0.122. The van der Waals surface area contributed by atoms with Gasteiger partial charge in [-0.05, 0) is 18.9 Å². The first-order chi connectivity index (χ1) is 12.5. The van der Waals surface area contributed by atoms with Crippen LogP contribution in [0.3, 0.4) is 0 Å². The van der Waals surface area contributed by atoms with Gasteiger partial charge in [-0.2, -0.15) is 5.10 Å². The van der Waals surface area contributed by atoms with Crippen LogP contribution in [0.25, 0.3) is 0 Å². The molecule has 1 aliphatic rings. The fourth-order valence-corrected chi connectivity index (χ4v) is 3.09. The fourth-order valence-electron chi connectivity index (χ4n) is 3.09. The normalized spacial score (nSPS) is 19.6. The molecule has 26 heavy (non-hydrogen) atoms. The molecule has 3 N–H and O–H groups in total. The summed E-state index contributed by atoms with van der Waals surface area (Å²) < 4.78 is 1.76. The molecule has 1 fully saturated rings. The lowest BCUT2D eigenvalue weighted by atomic mass is 10.0. The number of hydrogen-bond acceptors (Lipinski definition) is 7. The van der Waals surface area contributed by atoms with E-state index in [9.17, 15) is 9.90 Å². The van der Waals surface area contributed by atoms with Gasteiger partial charge < -0.3 is 20.6 Å². The van der Waals surface area contributed by atoms with Gasteiger partial charge in [-0.1, -0.05) is 0 Å². The van der Waals surface area contributed by atoms with Crippen molar-refractivity contribution >= 4 is 17.5 Å². The van der Waals surface area contributed by atoms with Gasteiger partial charge >= 0.3 is 0 Å². The summed E-state index contributed by atoms with van der Waals surface area (Å²) in [5.41, 5.74) is 0.0578. The largest absolute Gasteiger partial charge is 0.386 e. The number of hydrogen-bond donors (Lipinski definition) is 3. The van der Waals surface area contributed by atoms with Crippen LogP contribution in [0.5, 0.6) is 0 Å². The smallest absolute Gasteiger partial charge is 0.220 e. The van der Waals surface area contributed by atoms with Crippen LogP contribution in [-0.2, 0) is 18.3 Å². The molecule has 3 rings (SSSR count). The molecule has 2 aromatic heterocycles. The van der Waals surface area contributed by atoms with Crippen LogP contribution in [-0.4, -0.2) is 63.0 Å². The van der Waals surface area contributed by atoms with Crippen molar-refractivity contribution in [2.45, 2.75) is 24.9 Å². The molecule has 0 unspecified atom stereocenters. The summed E-state index contributed by atoms with van der Waals surface area (Å²) in [6.45, 7) is 1.34. The highest BCUT2D eigenvalue weighted by molar-refractivity contribution is 5.76. The molecular weight excluding hydrogens is 334 g/mol. The predicted octanol–water partition coefficient (Wildman–Crippen LogP) is -0.0580. The molecule has 1 atom stereocenters. The molecule has 9 nitrogen and oxygen atoms in total. The number of amides is 1. The quantitative estimate of drug-likeness (QED) is 0.636. The Balaban J connectivity index is 1.48. The van der Waals surface area contributed by atoms with Gasteiger partial charge in [0, 0.05) is 58.1 Å². The first kappa shape index (κ1) is 18.1. The molecule has 0 saturated carbocycles. The standard InChI is InChI=1S/C17H25N7O2/c1-18-14-9-15(21-12-20-14)24-8-6-17(26,11-24)10-19-16(25)4-3-13-5-7-22-23(13)2/h5,7,9,12,26H,3-4,6,8,10-11H2,1-2H3,(H,19,25)(H,18,20,21)/t17-/m0/s1. The van der Waals surface area contributed by atoms with Crippen molar-refractivity contribution in [3.8, 4) is 0 Å². The van der Waals surface area contributed by atoms with Gasteiger partial charge in [-0.25, -0.2) is 9.97 Å². The number of nitrogens with one attached hydrogen (secondary N) is 2. The van der Waals surface area contributed by atoms with Gasteiger partial charge in [0.2, 0.25) is 5.91 Å². The molecule has 1 saturated heterocycles. The van der Waals surface area contributed by atoms with E-state index in [1.165, 1.54) is 6.33 Å². The minimum Gasteiger partial charge on any atom is -0.386 e. The van der Waals surface area contributed by atoms with E-state index in [0.717, 1.165) is 17.3 Å². The van der Waals surface area contributed by atoms with Crippen LogP contribution in [0, 0.1) is 0 Å². The molecule has 3 heterocycles. The van der Waals surface area contributed by atoms with Crippen LogP contribution in [0.2, 0.25) is 0 Å². The Morgan fingerprint density at radius 2 is 2.27 bits per heavy atom. The molecule has 0 radical (unpaired) electrons. The van der Waals surface area contributed by atoms with E-state index >= 15 is 0 Å². The van der Waals surface area contributed by atoms with E-state index in [-0.39, 0.29) is 12.5 Å². The third-order valence-corrected chi connectivity index (χ3v) is 4.71. The van der Waals surface area contributed by atoms with E-state index in [4.69, 9.17) is 0 Å². The maximum atomic E-state index is 12.1. The lowest BCUT2D eigenvalue weighted by Gasteiger charge is -2.24. The predicted molar refractivity (Wildman–Crippen MR) is 97.9 cm³/mol. The molecular formula is C17H25N7O2. The topological polar surface area (TPSA) is 108 Å². The van der Waals surface area contributed by atoms with Gasteiger partial charge in [0.05, 0.1) is 0 Å². The average molecular weight is 359 g/mol. The van der Waals surface area contributed by atoms with E-state index in [2.05, 4.69) is 25.7 Å². The number of carbonyl (C=O) groups excluding carboxylic acids is 1. The minimum atomic E-state index is -0.951. The monoisotopic (exact) mass is 359 g/mol. The zero-order valence-corrected chi connectivity index (χ0v) is 15.1. The van der Waals surface area contributed by atoms with Crippen molar-refractivity contribution in [3.63, 3.8) is 0 Å². The molecule has 140 valence electrons. The first-order valence-corrected chi connectivity index (χ1v) is 8.70. The second kappa shape index (κ2) is 7.69. The highest BCUT2D eigenvalue weighted by Crippen LogP contribution is 2.25. The first-order valence-electron chi connectivity index (χ1n) is 8.70. The van der Waals surface area contributed by atoms with Crippen molar-refractivity contribution < 1.29 is 9.90 Å². The molecule has 9 heteroatoms. The SMILES string of the molecule is CNc1cc(N2CC[C@](O)(CNC(=O)CCc3ccnn3C)C2)ncn1. The summed E-state index contributed by atoms with van der Waals surface area (Å²) in [4.78, 5) is 22.5. The number of nitrogens with zero attached hydrogens (tertiary/aromatic N) is 5. The fraction of sp³-hybridized carbons (Fsp3) is 0.529. The summed E-state index contributed by atoms with van der Waals surface area (Å²) in [7, 11) is 3.66. The van der Waals surface area contributed by atoms with Gasteiger partial charge in [-0.15, -0.1) is 0 Å². The van der Waals surface area contributed by atoms with Crippen molar-refractivity contribution in [1.29, 1.82) is 0 Å². The Morgan fingerprint density at radius 3 is 3.00 bits per heavy atom. The van der Waals surface area contributed by atoms with Crippen molar-refractivity contribution in [1.82, 2.24) is 25.1 Å². The Kier molecular flexibility index (Phi) is 5.36. The van der Waals surface area contributed by atoms with Crippen LogP contribution in [0.1, 0.15) is 18.5 Å². The number of rotatable bonds is 7.